The minimum atomic E-state index is -0.426. The number of H-pyrrole nitrogens is 1. The first kappa shape index (κ1) is 27.4. The van der Waals surface area contributed by atoms with Gasteiger partial charge in [-0.25, -0.2) is 9.78 Å². The molecule has 0 saturated carbocycles. The molecule has 6 rings (SSSR count). The molecule has 2 amide bonds. The molecule has 1 N–H and O–H groups in total. The second-order valence-electron chi connectivity index (χ2n) is 11.4. The summed E-state index contributed by atoms with van der Waals surface area (Å²) in [7, 11) is 0. The predicted molar refractivity (Wildman–Crippen MR) is 161 cm³/mol. The van der Waals surface area contributed by atoms with Crippen molar-refractivity contribution in [2.45, 2.75) is 56.2 Å². The molecule has 4 heterocycles. The predicted octanol–water partition coefficient (Wildman–Crippen LogP) is 4.76. The van der Waals surface area contributed by atoms with Crippen molar-refractivity contribution in [2.24, 2.45) is 5.92 Å². The maximum Gasteiger partial charge on any atom is 0.326 e. The third-order valence-electron chi connectivity index (χ3n) is 8.23. The smallest absolute Gasteiger partial charge is 0.326 e. The molecule has 2 aromatic carbocycles. The van der Waals surface area contributed by atoms with Gasteiger partial charge in [0.1, 0.15) is 5.37 Å². The topological polar surface area (TPSA) is 96.2 Å². The van der Waals surface area contributed by atoms with E-state index in [2.05, 4.69) is 29.9 Å². The van der Waals surface area contributed by atoms with Crippen LogP contribution in [0.2, 0.25) is 0 Å². The van der Waals surface area contributed by atoms with Crippen LogP contribution in [0.15, 0.2) is 72.0 Å². The number of aromatic nitrogens is 4. The van der Waals surface area contributed by atoms with Crippen molar-refractivity contribution in [1.29, 1.82) is 0 Å². The third kappa shape index (κ3) is 5.45. The van der Waals surface area contributed by atoms with E-state index in [1.54, 1.807) is 24.3 Å². The summed E-state index contributed by atoms with van der Waals surface area (Å²) in [4.78, 5) is 50.9. The van der Waals surface area contributed by atoms with Crippen molar-refractivity contribution in [3.05, 3.63) is 83.3 Å². The van der Waals surface area contributed by atoms with Gasteiger partial charge < -0.3 is 19.4 Å². The number of aromatic amines is 1. The normalized spacial score (nSPS) is 20.0. The summed E-state index contributed by atoms with van der Waals surface area (Å²) in [5, 5.41) is -0.596. The van der Waals surface area contributed by atoms with Crippen LogP contribution in [0.4, 0.5) is 0 Å². The van der Waals surface area contributed by atoms with Gasteiger partial charge >= 0.3 is 5.69 Å². The van der Waals surface area contributed by atoms with E-state index in [9.17, 15) is 14.4 Å². The lowest BCUT2D eigenvalue weighted by Crippen LogP contribution is -2.42. The zero-order valence-electron chi connectivity index (χ0n) is 23.5. The molecule has 0 bridgehead atoms. The lowest BCUT2D eigenvalue weighted by atomic mass is 10.0. The van der Waals surface area contributed by atoms with Crippen molar-refractivity contribution < 1.29 is 9.59 Å². The highest BCUT2D eigenvalue weighted by atomic mass is 32.2. The van der Waals surface area contributed by atoms with Gasteiger partial charge in [-0.3, -0.25) is 14.2 Å². The molecule has 2 atom stereocenters. The molecule has 0 aliphatic carbocycles. The number of hydrogen-bond donors (Lipinski definition) is 1. The largest absolute Gasteiger partial charge is 0.342 e. The zero-order chi connectivity index (χ0) is 28.5. The second kappa shape index (κ2) is 11.6. The molecule has 4 aromatic rings. The quantitative estimate of drug-likeness (QED) is 0.329. The number of carbonyl (C=O) groups is 2. The molecule has 10 heteroatoms. The van der Waals surface area contributed by atoms with E-state index in [0.717, 1.165) is 28.7 Å². The number of piperidine rings is 1. The van der Waals surface area contributed by atoms with Crippen LogP contribution in [-0.2, 0) is 9.59 Å². The second-order valence-corrected chi connectivity index (χ2v) is 12.6. The summed E-state index contributed by atoms with van der Waals surface area (Å²) in [6, 6.07) is 15.9. The number of thioether (sulfide) groups is 1. The van der Waals surface area contributed by atoms with E-state index in [-0.39, 0.29) is 35.3 Å². The van der Waals surface area contributed by atoms with Gasteiger partial charge in [-0.05, 0) is 43.4 Å². The van der Waals surface area contributed by atoms with Gasteiger partial charge in [0.05, 0.1) is 28.3 Å². The highest BCUT2D eigenvalue weighted by Crippen LogP contribution is 2.46. The van der Waals surface area contributed by atoms with Crippen LogP contribution in [0.3, 0.4) is 0 Å². The maximum atomic E-state index is 13.8. The first-order valence-electron chi connectivity index (χ1n) is 14.4. The molecule has 0 spiro atoms. The fraction of sp³-hybridized carbons (Fsp3) is 0.419. The SMILES string of the molecule is CC(C)CCN1C(=O)C(CC(=O)N2CCC(n3c(=O)[nH]c4ccccc43)CC2)SC1c1ccccc1-n1ccnc1. The van der Waals surface area contributed by atoms with Crippen LogP contribution in [0.25, 0.3) is 16.7 Å². The van der Waals surface area contributed by atoms with Crippen LogP contribution < -0.4 is 5.69 Å². The Bertz CT molecular complexity index is 1580. The molecule has 2 fully saturated rings. The molecule has 214 valence electrons. The number of amides is 2. The standard InChI is InChI=1S/C31H36N6O3S/c1-21(2)11-17-36-29(39)27(41-30(36)23-7-3-5-9-25(23)35-18-14-32-20-35)19-28(38)34-15-12-22(13-16-34)37-26-10-6-4-8-24(26)33-31(37)40/h3-10,14,18,20-22,27,30H,11-13,15-17,19H2,1-2H3,(H,33,40). The highest BCUT2D eigenvalue weighted by Gasteiger charge is 2.43. The number of rotatable bonds is 8. The summed E-state index contributed by atoms with van der Waals surface area (Å²) in [5.74, 6) is 0.506. The molecule has 9 nitrogen and oxygen atoms in total. The van der Waals surface area contributed by atoms with Crippen LogP contribution in [0, 0.1) is 5.92 Å². The monoisotopic (exact) mass is 572 g/mol. The number of nitrogens with one attached hydrogen (secondary N) is 1. The number of likely N-dealkylation sites (tertiary alicyclic amines) is 1. The van der Waals surface area contributed by atoms with Gasteiger partial charge in [-0.1, -0.05) is 44.2 Å². The van der Waals surface area contributed by atoms with E-state index in [1.165, 1.54) is 0 Å². The van der Waals surface area contributed by atoms with Gasteiger partial charge in [0.25, 0.3) is 0 Å². The minimum Gasteiger partial charge on any atom is -0.342 e. The molecule has 41 heavy (non-hydrogen) atoms. The van der Waals surface area contributed by atoms with E-state index in [0.29, 0.717) is 38.4 Å². The van der Waals surface area contributed by atoms with Crippen molar-refractivity contribution in [3.8, 4) is 5.69 Å². The number of benzene rings is 2. The number of imidazole rings is 2. The Kier molecular flexibility index (Phi) is 7.75. The van der Waals surface area contributed by atoms with E-state index < -0.39 is 5.25 Å². The van der Waals surface area contributed by atoms with E-state index in [1.807, 2.05) is 67.6 Å². The number of nitrogens with zero attached hydrogens (tertiary/aromatic N) is 5. The average molecular weight is 573 g/mol. The van der Waals surface area contributed by atoms with Crippen LogP contribution in [-0.4, -0.2) is 65.6 Å². The van der Waals surface area contributed by atoms with Crippen LogP contribution in [0.1, 0.15) is 56.5 Å². The van der Waals surface area contributed by atoms with Crippen molar-refractivity contribution >= 4 is 34.6 Å². The fourth-order valence-corrected chi connectivity index (χ4v) is 7.52. The fourth-order valence-electron chi connectivity index (χ4n) is 6.02. The Balaban J connectivity index is 1.16. The summed E-state index contributed by atoms with van der Waals surface area (Å²) in [5.41, 5.74) is 3.67. The number of para-hydroxylation sites is 3. The summed E-state index contributed by atoms with van der Waals surface area (Å²) < 4.78 is 3.81. The van der Waals surface area contributed by atoms with Gasteiger partial charge in [-0.2, -0.15) is 0 Å². The van der Waals surface area contributed by atoms with Crippen LogP contribution >= 0.6 is 11.8 Å². The first-order chi connectivity index (χ1) is 19.9. The van der Waals surface area contributed by atoms with Crippen molar-refractivity contribution in [1.82, 2.24) is 28.9 Å². The summed E-state index contributed by atoms with van der Waals surface area (Å²) in [6.07, 6.45) is 7.93. The Morgan fingerprint density at radius 1 is 1.07 bits per heavy atom. The number of fused-ring (bicyclic) bond motifs is 1. The maximum absolute atomic E-state index is 13.8. The minimum absolute atomic E-state index is 0.00734. The number of carbonyl (C=O) groups excluding carboxylic acids is 2. The molecular weight excluding hydrogens is 536 g/mol. The lowest BCUT2D eigenvalue weighted by molar-refractivity contribution is -0.136. The Hall–Kier alpha value is -3.79. The molecule has 0 radical (unpaired) electrons. The highest BCUT2D eigenvalue weighted by molar-refractivity contribution is 8.01. The van der Waals surface area contributed by atoms with E-state index >= 15 is 0 Å². The summed E-state index contributed by atoms with van der Waals surface area (Å²) >= 11 is 1.58. The molecule has 2 aliphatic heterocycles. The van der Waals surface area contributed by atoms with Gasteiger partial charge in [0.15, 0.2) is 0 Å². The summed E-state index contributed by atoms with van der Waals surface area (Å²) in [6.45, 7) is 6.13. The first-order valence-corrected chi connectivity index (χ1v) is 15.3. The molecule has 2 unspecified atom stereocenters. The lowest BCUT2D eigenvalue weighted by Gasteiger charge is -2.33. The Morgan fingerprint density at radius 2 is 1.83 bits per heavy atom. The van der Waals surface area contributed by atoms with Crippen LogP contribution in [0.5, 0.6) is 0 Å². The molecule has 2 saturated heterocycles. The zero-order valence-corrected chi connectivity index (χ0v) is 24.3. The molecule has 2 aliphatic rings. The molecular formula is C31H36N6O3S. The third-order valence-corrected chi connectivity index (χ3v) is 9.70. The molecule has 2 aromatic heterocycles. The van der Waals surface area contributed by atoms with Gasteiger partial charge in [0.2, 0.25) is 11.8 Å². The van der Waals surface area contributed by atoms with Gasteiger partial charge in [-0.15, -0.1) is 11.8 Å². The van der Waals surface area contributed by atoms with E-state index in [4.69, 9.17) is 0 Å². The van der Waals surface area contributed by atoms with Crippen molar-refractivity contribution in [2.75, 3.05) is 19.6 Å². The van der Waals surface area contributed by atoms with Crippen molar-refractivity contribution in [3.63, 3.8) is 0 Å². The average Bonchev–Trinajstić information content (AvgIpc) is 3.70. The van der Waals surface area contributed by atoms with Gasteiger partial charge in [0, 0.05) is 50.1 Å². The Labute approximate surface area is 243 Å². The Morgan fingerprint density at radius 3 is 2.59 bits per heavy atom. The number of hydrogen-bond acceptors (Lipinski definition) is 5.